The van der Waals surface area contributed by atoms with Crippen molar-refractivity contribution >= 4 is 5.70 Å². The summed E-state index contributed by atoms with van der Waals surface area (Å²) < 4.78 is 7.50. The number of benzene rings is 1. The van der Waals surface area contributed by atoms with Crippen LogP contribution in [0.5, 0.6) is 5.75 Å². The van der Waals surface area contributed by atoms with E-state index in [-0.39, 0.29) is 5.56 Å². The van der Waals surface area contributed by atoms with E-state index in [2.05, 4.69) is 6.07 Å². The Labute approximate surface area is 122 Å². The highest BCUT2D eigenvalue weighted by atomic mass is 16.5. The van der Waals surface area contributed by atoms with E-state index >= 15 is 0 Å². The Morgan fingerprint density at radius 3 is 2.76 bits per heavy atom. The van der Waals surface area contributed by atoms with Crippen molar-refractivity contribution in [2.45, 2.75) is 19.4 Å². The normalized spacial score (nSPS) is 15.4. The van der Waals surface area contributed by atoms with Crippen LogP contribution in [0.1, 0.15) is 25.0 Å². The van der Waals surface area contributed by atoms with Crippen LogP contribution < -0.4 is 10.3 Å². The first-order valence-electron chi connectivity index (χ1n) is 6.65. The number of rotatable bonds is 1. The molecule has 0 radical (unpaired) electrons. The molecule has 4 heteroatoms. The third kappa shape index (κ3) is 2.34. The standard InChI is InChI=1S/C17H14N2O2/c1-17(2)10-14(19-8-4-3-5-16(19)20)13-7-6-12(11-18)9-15(13)21-17/h3-10H,1-2H3. The minimum absolute atomic E-state index is 0.100. The van der Waals surface area contributed by atoms with Crippen LogP contribution in [0, 0.1) is 11.3 Å². The molecule has 0 amide bonds. The van der Waals surface area contributed by atoms with Crippen molar-refractivity contribution in [3.8, 4) is 11.8 Å². The second kappa shape index (κ2) is 4.64. The van der Waals surface area contributed by atoms with Crippen LogP contribution in [0.2, 0.25) is 0 Å². The van der Waals surface area contributed by atoms with Gasteiger partial charge in [-0.25, -0.2) is 0 Å². The van der Waals surface area contributed by atoms with Gasteiger partial charge in [-0.2, -0.15) is 5.26 Å². The van der Waals surface area contributed by atoms with Crippen molar-refractivity contribution in [1.82, 2.24) is 4.57 Å². The lowest BCUT2D eigenvalue weighted by Crippen LogP contribution is -2.32. The smallest absolute Gasteiger partial charge is 0.255 e. The fraction of sp³-hybridized carbons (Fsp3) is 0.176. The van der Waals surface area contributed by atoms with Crippen LogP contribution >= 0.6 is 0 Å². The molecule has 0 N–H and O–H groups in total. The van der Waals surface area contributed by atoms with E-state index in [4.69, 9.17) is 10.00 Å². The average molecular weight is 278 g/mol. The molecule has 2 heterocycles. The van der Waals surface area contributed by atoms with Crippen molar-refractivity contribution in [1.29, 1.82) is 5.26 Å². The van der Waals surface area contributed by atoms with Gasteiger partial charge in [-0.1, -0.05) is 6.07 Å². The molecule has 2 aromatic rings. The molecule has 104 valence electrons. The molecule has 0 fully saturated rings. The molecule has 0 unspecified atom stereocenters. The molecule has 0 bridgehead atoms. The molecule has 1 aromatic heterocycles. The molecule has 4 nitrogen and oxygen atoms in total. The Bertz CT molecular complexity index is 838. The molecule has 0 aliphatic carbocycles. The second-order valence-electron chi connectivity index (χ2n) is 5.47. The monoisotopic (exact) mass is 278 g/mol. The van der Waals surface area contributed by atoms with Crippen LogP contribution in [-0.4, -0.2) is 10.2 Å². The van der Waals surface area contributed by atoms with E-state index in [1.165, 1.54) is 6.07 Å². The summed E-state index contributed by atoms with van der Waals surface area (Å²) in [6, 6.07) is 12.4. The molecular formula is C17H14N2O2. The summed E-state index contributed by atoms with van der Waals surface area (Å²) in [5.74, 6) is 0.618. The lowest BCUT2D eigenvalue weighted by Gasteiger charge is -2.31. The Kier molecular flexibility index (Phi) is 2.91. The third-order valence-electron chi connectivity index (χ3n) is 3.33. The highest BCUT2D eigenvalue weighted by Gasteiger charge is 2.27. The summed E-state index contributed by atoms with van der Waals surface area (Å²) in [7, 11) is 0. The maximum absolute atomic E-state index is 12.1. The van der Waals surface area contributed by atoms with Gasteiger partial charge in [-0.05, 0) is 44.2 Å². The quantitative estimate of drug-likeness (QED) is 0.806. The van der Waals surface area contributed by atoms with Gasteiger partial charge in [0.2, 0.25) is 0 Å². The largest absolute Gasteiger partial charge is 0.483 e. The predicted molar refractivity (Wildman–Crippen MR) is 79.9 cm³/mol. The summed E-state index contributed by atoms with van der Waals surface area (Å²) in [6.07, 6.45) is 3.65. The lowest BCUT2D eigenvalue weighted by molar-refractivity contribution is 0.157. The van der Waals surface area contributed by atoms with Gasteiger partial charge < -0.3 is 4.74 Å². The van der Waals surface area contributed by atoms with E-state index in [1.807, 2.05) is 32.1 Å². The van der Waals surface area contributed by atoms with Gasteiger partial charge in [-0.15, -0.1) is 0 Å². The predicted octanol–water partition coefficient (Wildman–Crippen LogP) is 2.78. The zero-order valence-corrected chi connectivity index (χ0v) is 11.8. The van der Waals surface area contributed by atoms with Gasteiger partial charge >= 0.3 is 0 Å². The van der Waals surface area contributed by atoms with E-state index in [1.54, 1.807) is 29.0 Å². The van der Waals surface area contributed by atoms with Crippen molar-refractivity contribution in [2.75, 3.05) is 0 Å². The number of ether oxygens (including phenoxy) is 1. The molecular weight excluding hydrogens is 264 g/mol. The fourth-order valence-electron chi connectivity index (χ4n) is 2.43. The van der Waals surface area contributed by atoms with E-state index in [0.717, 1.165) is 11.3 Å². The Balaban J connectivity index is 2.26. The molecule has 1 aliphatic rings. The van der Waals surface area contributed by atoms with Crippen LogP contribution in [0.4, 0.5) is 0 Å². The zero-order chi connectivity index (χ0) is 15.0. The first-order valence-corrected chi connectivity index (χ1v) is 6.65. The number of nitrogens with zero attached hydrogens (tertiary/aromatic N) is 2. The molecule has 0 saturated carbocycles. The number of hydrogen-bond acceptors (Lipinski definition) is 3. The number of nitriles is 1. The third-order valence-corrected chi connectivity index (χ3v) is 3.33. The molecule has 0 spiro atoms. The zero-order valence-electron chi connectivity index (χ0n) is 11.8. The minimum Gasteiger partial charge on any atom is -0.483 e. The van der Waals surface area contributed by atoms with Gasteiger partial charge in [0.05, 0.1) is 17.3 Å². The summed E-state index contributed by atoms with van der Waals surface area (Å²) >= 11 is 0. The Morgan fingerprint density at radius 1 is 1.24 bits per heavy atom. The van der Waals surface area contributed by atoms with Crippen molar-refractivity contribution in [3.63, 3.8) is 0 Å². The van der Waals surface area contributed by atoms with Crippen LogP contribution in [0.15, 0.2) is 53.5 Å². The maximum atomic E-state index is 12.1. The highest BCUT2D eigenvalue weighted by Crippen LogP contribution is 2.36. The summed E-state index contributed by atoms with van der Waals surface area (Å²) in [5, 5.41) is 9.02. The number of aromatic nitrogens is 1. The van der Waals surface area contributed by atoms with Gasteiger partial charge in [0.25, 0.3) is 5.56 Å². The van der Waals surface area contributed by atoms with Crippen LogP contribution in [0.25, 0.3) is 5.70 Å². The highest BCUT2D eigenvalue weighted by molar-refractivity contribution is 5.74. The summed E-state index contributed by atoms with van der Waals surface area (Å²) in [4.78, 5) is 12.1. The maximum Gasteiger partial charge on any atom is 0.255 e. The molecule has 3 rings (SSSR count). The first kappa shape index (κ1) is 13.2. The van der Waals surface area contributed by atoms with Crippen LogP contribution in [0.3, 0.4) is 0 Å². The van der Waals surface area contributed by atoms with E-state index in [0.29, 0.717) is 11.3 Å². The Morgan fingerprint density at radius 2 is 2.05 bits per heavy atom. The molecule has 21 heavy (non-hydrogen) atoms. The first-order chi connectivity index (χ1) is 10.00. The SMILES string of the molecule is CC1(C)C=C(n2ccccc2=O)c2ccc(C#N)cc2O1. The average Bonchev–Trinajstić information content (AvgIpc) is 2.45. The van der Waals surface area contributed by atoms with E-state index in [9.17, 15) is 4.79 Å². The van der Waals surface area contributed by atoms with E-state index < -0.39 is 5.60 Å². The van der Waals surface area contributed by atoms with Crippen LogP contribution in [-0.2, 0) is 0 Å². The van der Waals surface area contributed by atoms with Crippen molar-refractivity contribution in [3.05, 3.63) is 70.2 Å². The van der Waals surface area contributed by atoms with Crippen molar-refractivity contribution in [2.24, 2.45) is 0 Å². The van der Waals surface area contributed by atoms with Crippen molar-refractivity contribution < 1.29 is 4.74 Å². The van der Waals surface area contributed by atoms with Gasteiger partial charge in [0.15, 0.2) is 0 Å². The van der Waals surface area contributed by atoms with Gasteiger partial charge in [0.1, 0.15) is 11.4 Å². The minimum atomic E-state index is -0.550. The topological polar surface area (TPSA) is 55.0 Å². The fourth-order valence-corrected chi connectivity index (χ4v) is 2.43. The molecule has 0 atom stereocenters. The molecule has 1 aromatic carbocycles. The Hall–Kier alpha value is -2.80. The number of fused-ring (bicyclic) bond motifs is 1. The molecule has 0 saturated heterocycles. The van der Waals surface area contributed by atoms with Gasteiger partial charge in [0, 0.05) is 17.8 Å². The van der Waals surface area contributed by atoms with Gasteiger partial charge in [-0.3, -0.25) is 9.36 Å². The molecule has 1 aliphatic heterocycles. The second-order valence-corrected chi connectivity index (χ2v) is 5.47. The number of pyridine rings is 1. The summed E-state index contributed by atoms with van der Waals surface area (Å²) in [5.41, 5.74) is 1.46. The summed E-state index contributed by atoms with van der Waals surface area (Å²) in [6.45, 7) is 3.84. The lowest BCUT2D eigenvalue weighted by atomic mass is 9.98. The number of hydrogen-bond donors (Lipinski definition) is 0.